The van der Waals surface area contributed by atoms with E-state index in [1.165, 1.54) is 0 Å². The number of hydrogen-bond acceptors (Lipinski definition) is 3. The molecular weight excluding hydrogens is 344 g/mol. The molecule has 0 atom stereocenters. The fourth-order valence-electron chi connectivity index (χ4n) is 2.11. The molecule has 0 saturated carbocycles. The van der Waals surface area contributed by atoms with Gasteiger partial charge < -0.3 is 9.73 Å². The van der Waals surface area contributed by atoms with Crippen LogP contribution in [0.5, 0.6) is 0 Å². The third-order valence-corrected chi connectivity index (χ3v) is 3.82. The molecule has 0 spiro atoms. The SMILES string of the molecule is CCCCCNC(=O)CCc1ncc(-c2cccc(Br)c2)o1. The van der Waals surface area contributed by atoms with Crippen molar-refractivity contribution >= 4 is 21.8 Å². The Hall–Kier alpha value is -1.62. The van der Waals surface area contributed by atoms with E-state index < -0.39 is 0 Å². The van der Waals surface area contributed by atoms with Crippen LogP contribution in [0.1, 0.15) is 38.5 Å². The van der Waals surface area contributed by atoms with Crippen molar-refractivity contribution in [2.75, 3.05) is 6.54 Å². The van der Waals surface area contributed by atoms with E-state index in [9.17, 15) is 4.79 Å². The van der Waals surface area contributed by atoms with E-state index in [4.69, 9.17) is 4.42 Å². The van der Waals surface area contributed by atoms with Gasteiger partial charge in [0.25, 0.3) is 0 Å². The highest BCUT2D eigenvalue weighted by Crippen LogP contribution is 2.23. The molecule has 1 aromatic heterocycles. The number of rotatable bonds is 8. The van der Waals surface area contributed by atoms with Crippen LogP contribution < -0.4 is 5.32 Å². The maximum Gasteiger partial charge on any atom is 0.220 e. The zero-order valence-electron chi connectivity index (χ0n) is 12.8. The highest BCUT2D eigenvalue weighted by Gasteiger charge is 2.09. The van der Waals surface area contributed by atoms with E-state index in [2.05, 4.69) is 33.2 Å². The molecule has 22 heavy (non-hydrogen) atoms. The summed E-state index contributed by atoms with van der Waals surface area (Å²) in [6.45, 7) is 2.90. The predicted octanol–water partition coefficient (Wildman–Crippen LogP) is 4.34. The summed E-state index contributed by atoms with van der Waals surface area (Å²) < 4.78 is 6.70. The van der Waals surface area contributed by atoms with Crippen LogP contribution in [0.4, 0.5) is 0 Å². The first-order valence-corrected chi connectivity index (χ1v) is 8.45. The number of oxazole rings is 1. The van der Waals surface area contributed by atoms with Crippen molar-refractivity contribution in [1.29, 1.82) is 0 Å². The highest BCUT2D eigenvalue weighted by atomic mass is 79.9. The third-order valence-electron chi connectivity index (χ3n) is 3.33. The molecule has 0 aliphatic rings. The molecule has 0 aliphatic carbocycles. The zero-order chi connectivity index (χ0) is 15.8. The van der Waals surface area contributed by atoms with Crippen LogP contribution in [-0.4, -0.2) is 17.4 Å². The van der Waals surface area contributed by atoms with Crippen LogP contribution in [0.25, 0.3) is 11.3 Å². The molecule has 0 unspecified atom stereocenters. The Morgan fingerprint density at radius 3 is 3.00 bits per heavy atom. The maximum absolute atomic E-state index is 11.7. The van der Waals surface area contributed by atoms with Crippen LogP contribution >= 0.6 is 15.9 Å². The number of nitrogens with one attached hydrogen (secondary N) is 1. The normalized spacial score (nSPS) is 10.6. The lowest BCUT2D eigenvalue weighted by Crippen LogP contribution is -2.24. The van der Waals surface area contributed by atoms with Crippen LogP contribution in [0, 0.1) is 0 Å². The summed E-state index contributed by atoms with van der Waals surface area (Å²) in [5.41, 5.74) is 0.970. The van der Waals surface area contributed by atoms with Gasteiger partial charge in [-0.3, -0.25) is 4.79 Å². The first-order chi connectivity index (χ1) is 10.7. The number of aromatic nitrogens is 1. The molecule has 0 aliphatic heterocycles. The van der Waals surface area contributed by atoms with E-state index in [-0.39, 0.29) is 5.91 Å². The zero-order valence-corrected chi connectivity index (χ0v) is 14.4. The van der Waals surface area contributed by atoms with Gasteiger partial charge in [0.1, 0.15) is 0 Å². The number of hydrogen-bond donors (Lipinski definition) is 1. The summed E-state index contributed by atoms with van der Waals surface area (Å²) >= 11 is 3.44. The number of nitrogens with zero attached hydrogens (tertiary/aromatic N) is 1. The van der Waals surface area contributed by atoms with Crippen molar-refractivity contribution in [2.45, 2.75) is 39.0 Å². The Bertz CT molecular complexity index is 610. The molecule has 2 rings (SSSR count). The molecule has 0 fully saturated rings. The molecule has 1 aromatic carbocycles. The lowest BCUT2D eigenvalue weighted by molar-refractivity contribution is -0.121. The summed E-state index contributed by atoms with van der Waals surface area (Å²) in [4.78, 5) is 16.0. The molecule has 2 aromatic rings. The van der Waals surface area contributed by atoms with Crippen molar-refractivity contribution < 1.29 is 9.21 Å². The van der Waals surface area contributed by atoms with Crippen LogP contribution in [0.3, 0.4) is 0 Å². The second-order valence-corrected chi connectivity index (χ2v) is 6.10. The minimum Gasteiger partial charge on any atom is -0.441 e. The van der Waals surface area contributed by atoms with E-state index >= 15 is 0 Å². The first-order valence-electron chi connectivity index (χ1n) is 7.66. The first kappa shape index (κ1) is 16.7. The molecule has 1 amide bonds. The summed E-state index contributed by atoms with van der Waals surface area (Å²) in [5.74, 6) is 1.37. The Morgan fingerprint density at radius 1 is 1.36 bits per heavy atom. The molecule has 0 bridgehead atoms. The van der Waals surface area contributed by atoms with Crippen molar-refractivity contribution in [3.05, 3.63) is 40.8 Å². The molecule has 5 heteroatoms. The van der Waals surface area contributed by atoms with Gasteiger partial charge >= 0.3 is 0 Å². The van der Waals surface area contributed by atoms with Gasteiger partial charge in [-0.25, -0.2) is 4.98 Å². The monoisotopic (exact) mass is 364 g/mol. The van der Waals surface area contributed by atoms with Crippen molar-refractivity contribution in [3.63, 3.8) is 0 Å². The molecular formula is C17H21BrN2O2. The number of carbonyl (C=O) groups excluding carboxylic acids is 1. The summed E-state index contributed by atoms with van der Waals surface area (Å²) in [6, 6.07) is 7.86. The standard InChI is InChI=1S/C17H21BrN2O2/c1-2-3-4-10-19-16(21)8-9-17-20-12-15(22-17)13-6-5-7-14(18)11-13/h5-7,11-12H,2-4,8-10H2,1H3,(H,19,21). The number of halogens is 1. The molecule has 0 saturated heterocycles. The van der Waals surface area contributed by atoms with Gasteiger partial charge in [0.2, 0.25) is 5.91 Å². The van der Waals surface area contributed by atoms with Gasteiger partial charge in [0.05, 0.1) is 6.20 Å². The second-order valence-electron chi connectivity index (χ2n) is 5.19. The largest absolute Gasteiger partial charge is 0.441 e. The number of unbranched alkanes of at least 4 members (excludes halogenated alkanes) is 2. The molecule has 118 valence electrons. The van der Waals surface area contributed by atoms with Crippen molar-refractivity contribution in [1.82, 2.24) is 10.3 Å². The topological polar surface area (TPSA) is 55.1 Å². The van der Waals surface area contributed by atoms with Crippen molar-refractivity contribution in [2.24, 2.45) is 0 Å². The van der Waals surface area contributed by atoms with E-state index in [1.807, 2.05) is 24.3 Å². The van der Waals surface area contributed by atoms with Gasteiger partial charge in [0.15, 0.2) is 11.7 Å². The quantitative estimate of drug-likeness (QED) is 0.708. The minimum absolute atomic E-state index is 0.0540. The Labute approximate surface area is 139 Å². The Morgan fingerprint density at radius 2 is 2.23 bits per heavy atom. The summed E-state index contributed by atoms with van der Waals surface area (Å²) in [6.07, 6.45) is 5.98. The lowest BCUT2D eigenvalue weighted by atomic mass is 10.2. The Kier molecular flexibility index (Phi) is 6.65. The van der Waals surface area contributed by atoms with Gasteiger partial charge in [-0.2, -0.15) is 0 Å². The number of benzene rings is 1. The smallest absolute Gasteiger partial charge is 0.220 e. The number of amides is 1. The molecule has 0 radical (unpaired) electrons. The van der Waals surface area contributed by atoms with Crippen LogP contribution in [0.2, 0.25) is 0 Å². The molecule has 4 nitrogen and oxygen atoms in total. The predicted molar refractivity (Wildman–Crippen MR) is 90.5 cm³/mol. The van der Waals surface area contributed by atoms with E-state index in [0.29, 0.717) is 18.7 Å². The second kappa shape index (κ2) is 8.73. The fourth-order valence-corrected chi connectivity index (χ4v) is 2.51. The molecule has 1 N–H and O–H groups in total. The lowest BCUT2D eigenvalue weighted by Gasteiger charge is -2.03. The average molecular weight is 365 g/mol. The fraction of sp³-hybridized carbons (Fsp3) is 0.412. The molecule has 1 heterocycles. The van der Waals surface area contributed by atoms with Gasteiger partial charge in [0, 0.05) is 29.4 Å². The van der Waals surface area contributed by atoms with Crippen LogP contribution in [0.15, 0.2) is 39.4 Å². The third kappa shape index (κ3) is 5.30. The summed E-state index contributed by atoms with van der Waals surface area (Å²) in [5, 5.41) is 2.92. The van der Waals surface area contributed by atoms with Gasteiger partial charge in [-0.15, -0.1) is 0 Å². The average Bonchev–Trinajstić information content (AvgIpc) is 2.98. The summed E-state index contributed by atoms with van der Waals surface area (Å²) in [7, 11) is 0. The number of aryl methyl sites for hydroxylation is 1. The highest BCUT2D eigenvalue weighted by molar-refractivity contribution is 9.10. The van der Waals surface area contributed by atoms with Gasteiger partial charge in [-0.1, -0.05) is 47.8 Å². The minimum atomic E-state index is 0.0540. The van der Waals surface area contributed by atoms with E-state index in [0.717, 1.165) is 41.6 Å². The van der Waals surface area contributed by atoms with Crippen molar-refractivity contribution in [3.8, 4) is 11.3 Å². The number of carbonyl (C=O) groups is 1. The maximum atomic E-state index is 11.7. The Balaban J connectivity index is 1.81. The van der Waals surface area contributed by atoms with Gasteiger partial charge in [-0.05, 0) is 18.6 Å². The van der Waals surface area contributed by atoms with Crippen LogP contribution in [-0.2, 0) is 11.2 Å². The van der Waals surface area contributed by atoms with E-state index in [1.54, 1.807) is 6.20 Å².